The van der Waals surface area contributed by atoms with E-state index in [9.17, 15) is 4.79 Å². The van der Waals surface area contributed by atoms with Crippen molar-refractivity contribution in [1.82, 2.24) is 24.9 Å². The number of aromatic nitrogens is 5. The summed E-state index contributed by atoms with van der Waals surface area (Å²) in [5.41, 5.74) is 8.91. The lowest BCUT2D eigenvalue weighted by molar-refractivity contribution is -0.114. The predicted molar refractivity (Wildman–Crippen MR) is 190 cm³/mol. The molecule has 0 spiro atoms. The van der Waals surface area contributed by atoms with Crippen LogP contribution >= 0.6 is 58.4 Å². The lowest BCUT2D eigenvalue weighted by Gasteiger charge is -2.27. The zero-order valence-corrected chi connectivity index (χ0v) is 30.3. The number of carbonyl (C=O) groups excluding carboxylic acids is 1. The van der Waals surface area contributed by atoms with Crippen LogP contribution in [0.2, 0.25) is 0 Å². The van der Waals surface area contributed by atoms with Gasteiger partial charge >= 0.3 is 12.0 Å². The largest absolute Gasteiger partial charge is 0.460 e. The summed E-state index contributed by atoms with van der Waals surface area (Å²) in [6.45, 7) is 4.17. The number of carbonyl (C=O) groups is 1. The first-order chi connectivity index (χ1) is 22.3. The number of halogens is 3. The van der Waals surface area contributed by atoms with Crippen LogP contribution in [0.25, 0.3) is 0 Å². The highest BCUT2D eigenvalue weighted by Gasteiger charge is 2.26. The minimum atomic E-state index is -0.127. The standard InChI is InChI=1S/C16H20ClN3OS.C13H19N3OS.C3H4Cl2O/c1-2-11-8-18-16(19-9-11)21-14-5-3-12(4-6-14)15-20-13(7-17)10-22-15;1-2-9-7-15-13(16-8-9)17-11-5-3-10(4-6-11)12(14)18;4-1-3(6)2-5/h8-10,12,14H,2-7H2,1H3;7-8,10-11H,2-6H2,1H3,(H2,14,18);1-2H2. The van der Waals surface area contributed by atoms with E-state index < -0.39 is 0 Å². The normalized spacial score (nSPS) is 20.7. The quantitative estimate of drug-likeness (QED) is 0.156. The molecule has 0 radical (unpaired) electrons. The number of hydrogen-bond donors (Lipinski definition) is 1. The number of ketones is 1. The Morgan fingerprint density at radius 3 is 1.63 bits per heavy atom. The van der Waals surface area contributed by atoms with Crippen LogP contribution < -0.4 is 15.2 Å². The molecule has 5 rings (SSSR count). The Bertz CT molecular complexity index is 1310. The first-order valence-corrected chi connectivity index (χ1v) is 18.6. The van der Waals surface area contributed by atoms with Crippen LogP contribution in [0.4, 0.5) is 0 Å². The van der Waals surface area contributed by atoms with E-state index in [1.165, 1.54) is 5.01 Å². The maximum Gasteiger partial charge on any atom is 0.316 e. The highest BCUT2D eigenvalue weighted by atomic mass is 35.5. The summed E-state index contributed by atoms with van der Waals surface area (Å²) in [5.74, 6) is 1.36. The molecular weight excluding hydrogens is 687 g/mol. The third-order valence-electron chi connectivity index (χ3n) is 7.83. The number of nitrogens with two attached hydrogens (primary N) is 1. The second-order valence-electron chi connectivity index (χ2n) is 11.2. The number of thiazole rings is 1. The maximum absolute atomic E-state index is 9.92. The molecule has 2 aliphatic rings. The van der Waals surface area contributed by atoms with Crippen LogP contribution in [0, 0.1) is 5.92 Å². The SMILES string of the molecule is CCc1cnc(OC2CCC(C(N)=S)CC2)nc1.CCc1cnc(OC2CCC(c3nc(CCl)cs3)CC2)nc1.O=C(CCl)CCl. The summed E-state index contributed by atoms with van der Waals surface area (Å²) in [7, 11) is 0. The lowest BCUT2D eigenvalue weighted by Crippen LogP contribution is -2.30. The second-order valence-corrected chi connectivity index (χ2v) is 13.3. The Morgan fingerprint density at radius 2 is 1.28 bits per heavy atom. The van der Waals surface area contributed by atoms with Crippen molar-refractivity contribution in [3.8, 4) is 12.0 Å². The fourth-order valence-electron chi connectivity index (χ4n) is 4.97. The Hall–Kier alpha value is -2.18. The van der Waals surface area contributed by atoms with Gasteiger partial charge in [-0.25, -0.2) is 24.9 Å². The van der Waals surface area contributed by atoms with E-state index in [0.29, 0.717) is 34.7 Å². The molecule has 0 aromatic carbocycles. The van der Waals surface area contributed by atoms with Crippen LogP contribution in [0.15, 0.2) is 30.2 Å². The average molecular weight is 730 g/mol. The van der Waals surface area contributed by atoms with Crippen molar-refractivity contribution >= 4 is 69.1 Å². The molecule has 2 N–H and O–H groups in total. The summed E-state index contributed by atoms with van der Waals surface area (Å²) in [6.07, 6.45) is 17.9. The summed E-state index contributed by atoms with van der Waals surface area (Å²) in [5, 5.41) is 3.28. The van der Waals surface area contributed by atoms with E-state index >= 15 is 0 Å². The molecule has 2 saturated carbocycles. The van der Waals surface area contributed by atoms with Crippen LogP contribution in [0.5, 0.6) is 12.0 Å². The average Bonchev–Trinajstić information content (AvgIpc) is 3.59. The van der Waals surface area contributed by atoms with E-state index in [1.54, 1.807) is 11.3 Å². The molecule has 3 aromatic heterocycles. The molecule has 0 atom stereocenters. The molecule has 0 bridgehead atoms. The van der Waals surface area contributed by atoms with E-state index in [2.05, 4.69) is 44.1 Å². The number of thiocarbonyl (C=S) groups is 1. The molecule has 2 fully saturated rings. The van der Waals surface area contributed by atoms with Crippen molar-refractivity contribution < 1.29 is 14.3 Å². The number of hydrogen-bond acceptors (Lipinski definition) is 10. The molecule has 0 aliphatic heterocycles. The van der Waals surface area contributed by atoms with E-state index in [-0.39, 0.29) is 29.8 Å². The van der Waals surface area contributed by atoms with Crippen LogP contribution in [0.1, 0.15) is 93.0 Å². The zero-order chi connectivity index (χ0) is 33.3. The van der Waals surface area contributed by atoms with Gasteiger partial charge in [0, 0.05) is 42.0 Å². The Balaban J connectivity index is 0.000000216. The van der Waals surface area contributed by atoms with E-state index in [0.717, 1.165) is 81.0 Å². The van der Waals surface area contributed by atoms with Gasteiger partial charge in [0.15, 0.2) is 5.78 Å². The second kappa shape index (κ2) is 20.9. The number of aryl methyl sites for hydroxylation is 2. The van der Waals surface area contributed by atoms with Gasteiger partial charge in [0.2, 0.25) is 0 Å². The third kappa shape index (κ3) is 13.1. The van der Waals surface area contributed by atoms with Gasteiger partial charge in [-0.3, -0.25) is 4.79 Å². The molecule has 252 valence electrons. The number of rotatable bonds is 11. The Kier molecular flexibility index (Phi) is 17.4. The zero-order valence-electron chi connectivity index (χ0n) is 26.4. The van der Waals surface area contributed by atoms with Crippen molar-refractivity contribution in [3.05, 3.63) is 52.0 Å². The monoisotopic (exact) mass is 728 g/mol. The molecular formula is C32H43Cl3N6O3S2. The summed E-state index contributed by atoms with van der Waals surface area (Å²) < 4.78 is 11.7. The predicted octanol–water partition coefficient (Wildman–Crippen LogP) is 7.64. The fraction of sp³-hybridized carbons (Fsp3) is 0.594. The van der Waals surface area contributed by atoms with Crippen LogP contribution in [0.3, 0.4) is 0 Å². The molecule has 0 amide bonds. The van der Waals surface area contributed by atoms with Crippen molar-refractivity contribution in [2.45, 2.75) is 102 Å². The lowest BCUT2D eigenvalue weighted by atomic mass is 9.87. The van der Waals surface area contributed by atoms with Gasteiger partial charge in [-0.1, -0.05) is 26.1 Å². The Morgan fingerprint density at radius 1 is 0.826 bits per heavy atom. The van der Waals surface area contributed by atoms with Gasteiger partial charge in [-0.15, -0.1) is 46.1 Å². The third-order valence-corrected chi connectivity index (χ3v) is 10.1. The molecule has 9 nitrogen and oxygen atoms in total. The molecule has 3 heterocycles. The van der Waals surface area contributed by atoms with Crippen molar-refractivity contribution in [2.75, 3.05) is 11.8 Å². The minimum Gasteiger partial charge on any atom is -0.460 e. The minimum absolute atomic E-state index is 0.0312. The highest BCUT2D eigenvalue weighted by molar-refractivity contribution is 7.80. The van der Waals surface area contributed by atoms with Crippen LogP contribution in [-0.4, -0.2) is 59.7 Å². The molecule has 0 saturated heterocycles. The Labute approximate surface area is 296 Å². The van der Waals surface area contributed by atoms with Gasteiger partial charge in [-0.2, -0.15) is 0 Å². The van der Waals surface area contributed by atoms with E-state index in [1.807, 2.05) is 24.8 Å². The molecule has 3 aromatic rings. The van der Waals surface area contributed by atoms with Crippen molar-refractivity contribution in [2.24, 2.45) is 11.7 Å². The highest BCUT2D eigenvalue weighted by Crippen LogP contribution is 2.35. The number of nitrogens with zero attached hydrogens (tertiary/aromatic N) is 5. The van der Waals surface area contributed by atoms with Gasteiger partial charge in [0.25, 0.3) is 0 Å². The molecule has 0 unspecified atom stereocenters. The maximum atomic E-state index is 9.92. The number of ether oxygens (including phenoxy) is 2. The van der Waals surface area contributed by atoms with Gasteiger partial charge < -0.3 is 15.2 Å². The summed E-state index contributed by atoms with van der Waals surface area (Å²) >= 11 is 22.6. The summed E-state index contributed by atoms with van der Waals surface area (Å²) in [6, 6.07) is 0.977. The fourth-order valence-corrected chi connectivity index (χ4v) is 6.71. The van der Waals surface area contributed by atoms with Crippen LogP contribution in [-0.2, 0) is 23.5 Å². The first kappa shape index (κ1) is 38.3. The summed E-state index contributed by atoms with van der Waals surface area (Å²) in [4.78, 5) is 32.1. The van der Waals surface area contributed by atoms with Gasteiger partial charge in [-0.05, 0) is 75.3 Å². The molecule has 14 heteroatoms. The van der Waals surface area contributed by atoms with E-state index in [4.69, 9.17) is 62.2 Å². The number of alkyl halides is 3. The first-order valence-electron chi connectivity index (χ1n) is 15.7. The molecule has 46 heavy (non-hydrogen) atoms. The van der Waals surface area contributed by atoms with Crippen molar-refractivity contribution in [3.63, 3.8) is 0 Å². The topological polar surface area (TPSA) is 126 Å². The number of Topliss-reactive ketones (excluding diaryl/α,β-unsaturated/α-hetero) is 1. The van der Waals surface area contributed by atoms with Gasteiger partial charge in [0.1, 0.15) is 12.2 Å². The molecule has 2 aliphatic carbocycles. The van der Waals surface area contributed by atoms with Crippen molar-refractivity contribution in [1.29, 1.82) is 0 Å². The van der Waals surface area contributed by atoms with Gasteiger partial charge in [0.05, 0.1) is 33.3 Å². The smallest absolute Gasteiger partial charge is 0.316 e.